The summed E-state index contributed by atoms with van der Waals surface area (Å²) < 4.78 is 7.07. The molecule has 32 heavy (non-hydrogen) atoms. The summed E-state index contributed by atoms with van der Waals surface area (Å²) >= 11 is 7.37. The number of carbonyl (C=O) groups is 2. The number of thioether (sulfide) groups is 1. The van der Waals surface area contributed by atoms with Gasteiger partial charge in [0.15, 0.2) is 5.16 Å². The van der Waals surface area contributed by atoms with Crippen LogP contribution in [0, 0.1) is 6.92 Å². The smallest absolute Gasteiger partial charge is 0.234 e. The van der Waals surface area contributed by atoms with Crippen LogP contribution in [0.1, 0.15) is 18.3 Å². The van der Waals surface area contributed by atoms with Crippen LogP contribution in [0.25, 0.3) is 0 Å². The predicted octanol–water partition coefficient (Wildman–Crippen LogP) is 4.18. The maximum absolute atomic E-state index is 12.5. The third-order valence-electron chi connectivity index (χ3n) is 4.60. The number of para-hydroxylation sites is 2. The van der Waals surface area contributed by atoms with E-state index in [4.69, 9.17) is 16.3 Å². The van der Waals surface area contributed by atoms with Crippen molar-refractivity contribution in [3.05, 3.63) is 58.9 Å². The Kier molecular flexibility index (Phi) is 8.13. The van der Waals surface area contributed by atoms with Crippen LogP contribution in [0.15, 0.2) is 47.6 Å². The van der Waals surface area contributed by atoms with Crippen LogP contribution < -0.4 is 15.4 Å². The molecule has 0 aliphatic carbocycles. The number of nitrogens with one attached hydrogen (secondary N) is 2. The van der Waals surface area contributed by atoms with Gasteiger partial charge in [0, 0.05) is 17.3 Å². The zero-order chi connectivity index (χ0) is 23.1. The largest absolute Gasteiger partial charge is 0.495 e. The maximum Gasteiger partial charge on any atom is 0.234 e. The third-order valence-corrected chi connectivity index (χ3v) is 5.97. The van der Waals surface area contributed by atoms with Crippen molar-refractivity contribution in [2.75, 3.05) is 23.5 Å². The highest BCUT2D eigenvalue weighted by Crippen LogP contribution is 2.24. The van der Waals surface area contributed by atoms with E-state index >= 15 is 0 Å². The zero-order valence-corrected chi connectivity index (χ0v) is 19.6. The lowest BCUT2D eigenvalue weighted by Gasteiger charge is -2.10. The first-order chi connectivity index (χ1) is 15.4. The van der Waals surface area contributed by atoms with E-state index in [1.54, 1.807) is 31.4 Å². The molecule has 0 saturated carbocycles. The molecule has 3 rings (SSSR count). The fourth-order valence-corrected chi connectivity index (χ4v) is 3.96. The van der Waals surface area contributed by atoms with Gasteiger partial charge >= 0.3 is 0 Å². The number of aryl methyl sites for hydroxylation is 1. The number of hydrogen-bond donors (Lipinski definition) is 2. The number of hydrogen-bond acceptors (Lipinski definition) is 6. The first kappa shape index (κ1) is 23.6. The SMILES string of the molecule is CCn1c(CC(=O)Nc2ccc(C)c(Cl)c2)nnc1SCC(=O)Nc1ccccc1OC. The van der Waals surface area contributed by atoms with Gasteiger partial charge < -0.3 is 19.9 Å². The Morgan fingerprint density at radius 1 is 1.12 bits per heavy atom. The molecule has 0 spiro atoms. The Bertz CT molecular complexity index is 1120. The Labute approximate surface area is 195 Å². The second-order valence-corrected chi connectivity index (χ2v) is 8.22. The van der Waals surface area contributed by atoms with Crippen molar-refractivity contribution in [3.8, 4) is 5.75 Å². The number of rotatable bonds is 9. The Hall–Kier alpha value is -3.04. The van der Waals surface area contributed by atoms with Gasteiger partial charge in [0.1, 0.15) is 11.6 Å². The second kappa shape index (κ2) is 11.0. The highest BCUT2D eigenvalue weighted by molar-refractivity contribution is 7.99. The minimum Gasteiger partial charge on any atom is -0.495 e. The molecule has 2 N–H and O–H groups in total. The summed E-state index contributed by atoms with van der Waals surface area (Å²) in [5.74, 6) is 0.837. The van der Waals surface area contributed by atoms with Gasteiger partial charge in [-0.2, -0.15) is 0 Å². The van der Waals surface area contributed by atoms with E-state index in [1.807, 2.05) is 36.6 Å². The van der Waals surface area contributed by atoms with Crippen molar-refractivity contribution < 1.29 is 14.3 Å². The number of amides is 2. The van der Waals surface area contributed by atoms with Gasteiger partial charge in [-0.25, -0.2) is 0 Å². The lowest BCUT2D eigenvalue weighted by molar-refractivity contribution is -0.116. The molecule has 0 aliphatic rings. The standard InChI is InChI=1S/C22H24ClN5O3S/c1-4-28-19(12-20(29)24-15-10-9-14(2)16(23)11-15)26-27-22(28)32-13-21(30)25-17-7-5-6-8-18(17)31-3/h5-11H,4,12-13H2,1-3H3,(H,24,29)(H,25,30). The molecule has 8 nitrogen and oxygen atoms in total. The van der Waals surface area contributed by atoms with E-state index in [-0.39, 0.29) is 24.0 Å². The molecule has 0 bridgehead atoms. The normalized spacial score (nSPS) is 10.6. The number of halogens is 1. The summed E-state index contributed by atoms with van der Waals surface area (Å²) in [5.41, 5.74) is 2.16. The molecule has 2 amide bonds. The van der Waals surface area contributed by atoms with Gasteiger partial charge in [-0.3, -0.25) is 9.59 Å². The fourth-order valence-electron chi connectivity index (χ4n) is 2.96. The van der Waals surface area contributed by atoms with Crippen LogP contribution in [-0.4, -0.2) is 39.4 Å². The van der Waals surface area contributed by atoms with Crippen LogP contribution in [0.5, 0.6) is 5.75 Å². The second-order valence-electron chi connectivity index (χ2n) is 6.87. The van der Waals surface area contributed by atoms with Crippen molar-refractivity contribution in [1.29, 1.82) is 0 Å². The molecular formula is C22H24ClN5O3S. The summed E-state index contributed by atoms with van der Waals surface area (Å²) in [6.45, 7) is 4.40. The number of aromatic nitrogens is 3. The molecule has 1 aromatic heterocycles. The molecule has 0 unspecified atom stereocenters. The van der Waals surface area contributed by atoms with Gasteiger partial charge in [-0.05, 0) is 43.7 Å². The van der Waals surface area contributed by atoms with Crippen molar-refractivity contribution in [1.82, 2.24) is 14.8 Å². The predicted molar refractivity (Wildman–Crippen MR) is 127 cm³/mol. The number of ether oxygens (including phenoxy) is 1. The molecule has 10 heteroatoms. The van der Waals surface area contributed by atoms with Crippen LogP contribution in [0.2, 0.25) is 5.02 Å². The van der Waals surface area contributed by atoms with Crippen molar-refractivity contribution in [3.63, 3.8) is 0 Å². The molecule has 2 aromatic carbocycles. The molecule has 0 aliphatic heterocycles. The Morgan fingerprint density at radius 2 is 1.91 bits per heavy atom. The van der Waals surface area contributed by atoms with E-state index in [2.05, 4.69) is 20.8 Å². The number of anilines is 2. The molecule has 168 valence electrons. The molecule has 3 aromatic rings. The van der Waals surface area contributed by atoms with Gasteiger partial charge in [0.25, 0.3) is 0 Å². The van der Waals surface area contributed by atoms with Crippen LogP contribution in [0.4, 0.5) is 11.4 Å². The zero-order valence-electron chi connectivity index (χ0n) is 18.0. The van der Waals surface area contributed by atoms with E-state index in [0.717, 1.165) is 5.56 Å². The highest BCUT2D eigenvalue weighted by Gasteiger charge is 2.17. The van der Waals surface area contributed by atoms with Crippen molar-refractivity contribution in [2.45, 2.75) is 32.0 Å². The number of carbonyl (C=O) groups excluding carboxylic acids is 2. The molecular weight excluding hydrogens is 450 g/mol. The lowest BCUT2D eigenvalue weighted by Crippen LogP contribution is -2.18. The molecule has 0 atom stereocenters. The van der Waals surface area contributed by atoms with Gasteiger partial charge in [-0.1, -0.05) is 41.6 Å². The maximum atomic E-state index is 12.5. The van der Waals surface area contributed by atoms with Gasteiger partial charge in [0.2, 0.25) is 11.8 Å². The average molecular weight is 474 g/mol. The summed E-state index contributed by atoms with van der Waals surface area (Å²) in [6.07, 6.45) is 0.0559. The van der Waals surface area contributed by atoms with Gasteiger partial charge in [0.05, 0.1) is 25.0 Å². The van der Waals surface area contributed by atoms with E-state index in [9.17, 15) is 9.59 Å². The summed E-state index contributed by atoms with van der Waals surface area (Å²) in [5, 5.41) is 15.1. The monoisotopic (exact) mass is 473 g/mol. The fraction of sp³-hybridized carbons (Fsp3) is 0.273. The lowest BCUT2D eigenvalue weighted by atomic mass is 10.2. The van der Waals surface area contributed by atoms with Gasteiger partial charge in [-0.15, -0.1) is 10.2 Å². The van der Waals surface area contributed by atoms with Crippen molar-refractivity contribution >= 4 is 46.6 Å². The quantitative estimate of drug-likeness (QED) is 0.452. The average Bonchev–Trinajstić information content (AvgIpc) is 3.16. The molecule has 0 fully saturated rings. The first-order valence-corrected chi connectivity index (χ1v) is 11.3. The number of nitrogens with zero attached hydrogens (tertiary/aromatic N) is 3. The van der Waals surface area contributed by atoms with Crippen LogP contribution in [-0.2, 0) is 22.6 Å². The number of benzene rings is 2. The molecule has 0 saturated heterocycles. The Morgan fingerprint density at radius 3 is 2.62 bits per heavy atom. The van der Waals surface area contributed by atoms with E-state index < -0.39 is 0 Å². The summed E-state index contributed by atoms with van der Waals surface area (Å²) in [4.78, 5) is 24.8. The minimum atomic E-state index is -0.225. The minimum absolute atomic E-state index is 0.0559. The summed E-state index contributed by atoms with van der Waals surface area (Å²) in [6, 6.07) is 12.6. The van der Waals surface area contributed by atoms with Crippen molar-refractivity contribution in [2.24, 2.45) is 0 Å². The molecule has 0 radical (unpaired) electrons. The van der Waals surface area contributed by atoms with E-state index in [0.29, 0.717) is 39.7 Å². The summed E-state index contributed by atoms with van der Waals surface area (Å²) in [7, 11) is 1.55. The van der Waals surface area contributed by atoms with Crippen LogP contribution >= 0.6 is 23.4 Å². The highest BCUT2D eigenvalue weighted by atomic mass is 35.5. The third kappa shape index (κ3) is 6.02. The molecule has 1 heterocycles. The van der Waals surface area contributed by atoms with E-state index in [1.165, 1.54) is 11.8 Å². The first-order valence-electron chi connectivity index (χ1n) is 9.95. The number of methoxy groups -OCH3 is 1. The topological polar surface area (TPSA) is 98.1 Å². The Balaban J connectivity index is 1.59. The van der Waals surface area contributed by atoms with Crippen LogP contribution in [0.3, 0.4) is 0 Å².